The fraction of sp³-hybridized carbons (Fsp3) is 0.343. The second kappa shape index (κ2) is 12.4. The number of hydrogen-bond acceptors (Lipinski definition) is 4. The summed E-state index contributed by atoms with van der Waals surface area (Å²) in [5.74, 6) is 6.44. The third-order valence-corrected chi connectivity index (χ3v) is 7.94. The number of piperidine rings is 1. The lowest BCUT2D eigenvalue weighted by atomic mass is 9.74. The van der Waals surface area contributed by atoms with E-state index >= 15 is 0 Å². The predicted octanol–water partition coefficient (Wildman–Crippen LogP) is 6.89. The van der Waals surface area contributed by atoms with Gasteiger partial charge in [-0.15, -0.1) is 5.92 Å². The molecule has 3 aromatic rings. The third-order valence-electron chi connectivity index (χ3n) is 7.94. The van der Waals surface area contributed by atoms with Crippen LogP contribution in [0.1, 0.15) is 66.8 Å². The molecule has 1 atom stereocenters. The molecule has 1 unspecified atom stereocenters. The van der Waals surface area contributed by atoms with E-state index in [1.54, 1.807) is 6.92 Å². The van der Waals surface area contributed by atoms with E-state index in [-0.39, 0.29) is 23.7 Å². The molecule has 1 heterocycles. The summed E-state index contributed by atoms with van der Waals surface area (Å²) in [6.07, 6.45) is 7.37. The number of carbonyl (C=O) groups is 1. The zero-order valence-electron chi connectivity index (χ0n) is 23.0. The van der Waals surface area contributed by atoms with Gasteiger partial charge in [0.1, 0.15) is 12.4 Å². The molecule has 1 aliphatic carbocycles. The first-order valence-electron chi connectivity index (χ1n) is 14.0. The maximum atomic E-state index is 11.9. The Kier molecular flexibility index (Phi) is 8.49. The molecule has 0 aromatic heterocycles. The van der Waals surface area contributed by atoms with Crippen molar-refractivity contribution in [2.24, 2.45) is 0 Å². The van der Waals surface area contributed by atoms with Crippen molar-refractivity contribution in [3.63, 3.8) is 0 Å². The number of carbonyl (C=O) groups excluding carboxylic acids is 1. The van der Waals surface area contributed by atoms with Crippen molar-refractivity contribution in [2.45, 2.75) is 57.6 Å². The van der Waals surface area contributed by atoms with Crippen LogP contribution in [0.25, 0.3) is 6.08 Å². The molecule has 0 saturated carbocycles. The Labute approximate surface area is 232 Å². The van der Waals surface area contributed by atoms with Crippen LogP contribution in [0.3, 0.4) is 0 Å². The SMILES string of the molecule is CC#CC(CC(=O)OCC)c1ccc(OCc2ccc(CN3CCC4(C=Cc5ccccc54)CC3)cc2)cc1. The highest BCUT2D eigenvalue weighted by molar-refractivity contribution is 5.71. The number of rotatable bonds is 9. The van der Waals surface area contributed by atoms with E-state index in [9.17, 15) is 4.79 Å². The molecule has 0 bridgehead atoms. The predicted molar refractivity (Wildman–Crippen MR) is 156 cm³/mol. The number of hydrogen-bond donors (Lipinski definition) is 0. The minimum absolute atomic E-state index is 0.175. The molecule has 0 radical (unpaired) electrons. The molecule has 0 N–H and O–H groups in total. The average Bonchev–Trinajstić information content (AvgIpc) is 3.32. The molecule has 1 fully saturated rings. The highest BCUT2D eigenvalue weighted by atomic mass is 16.5. The maximum absolute atomic E-state index is 11.9. The van der Waals surface area contributed by atoms with Crippen molar-refractivity contribution in [2.75, 3.05) is 19.7 Å². The monoisotopic (exact) mass is 519 g/mol. The van der Waals surface area contributed by atoms with E-state index in [1.165, 1.54) is 29.5 Å². The summed E-state index contributed by atoms with van der Waals surface area (Å²) < 4.78 is 11.1. The molecule has 4 heteroatoms. The molecule has 39 heavy (non-hydrogen) atoms. The molecule has 200 valence electrons. The zero-order chi connectivity index (χ0) is 27.1. The zero-order valence-corrected chi connectivity index (χ0v) is 23.0. The van der Waals surface area contributed by atoms with Crippen molar-refractivity contribution < 1.29 is 14.3 Å². The summed E-state index contributed by atoms with van der Waals surface area (Å²) in [7, 11) is 0. The second-order valence-electron chi connectivity index (χ2n) is 10.5. The summed E-state index contributed by atoms with van der Waals surface area (Å²) in [6, 6.07) is 25.5. The Morgan fingerprint density at radius 2 is 1.69 bits per heavy atom. The molecule has 3 aromatic carbocycles. The quantitative estimate of drug-likeness (QED) is 0.228. The molecule has 0 amide bonds. The highest BCUT2D eigenvalue weighted by Gasteiger charge is 2.37. The van der Waals surface area contributed by atoms with Gasteiger partial charge in [-0.1, -0.05) is 78.7 Å². The summed E-state index contributed by atoms with van der Waals surface area (Å²) in [4.78, 5) is 14.5. The minimum Gasteiger partial charge on any atom is -0.489 e. The number of nitrogens with zero attached hydrogens (tertiary/aromatic N) is 1. The van der Waals surface area contributed by atoms with E-state index in [0.29, 0.717) is 13.2 Å². The van der Waals surface area contributed by atoms with Crippen molar-refractivity contribution in [3.8, 4) is 17.6 Å². The third kappa shape index (κ3) is 6.44. The van der Waals surface area contributed by atoms with Crippen LogP contribution in [0.5, 0.6) is 5.75 Å². The lowest BCUT2D eigenvalue weighted by Gasteiger charge is -2.39. The Morgan fingerprint density at radius 1 is 0.974 bits per heavy atom. The largest absolute Gasteiger partial charge is 0.489 e. The second-order valence-corrected chi connectivity index (χ2v) is 10.5. The number of fused-ring (bicyclic) bond motifs is 2. The molecule has 5 rings (SSSR count). The number of likely N-dealkylation sites (tertiary alicyclic amines) is 1. The van der Waals surface area contributed by atoms with Gasteiger partial charge in [0.05, 0.1) is 18.9 Å². The molecular weight excluding hydrogens is 482 g/mol. The van der Waals surface area contributed by atoms with Gasteiger partial charge in [-0.25, -0.2) is 0 Å². The maximum Gasteiger partial charge on any atom is 0.307 e. The molecule has 4 nitrogen and oxygen atoms in total. The van der Waals surface area contributed by atoms with E-state index in [4.69, 9.17) is 9.47 Å². The van der Waals surface area contributed by atoms with E-state index in [2.05, 4.69) is 77.4 Å². The highest BCUT2D eigenvalue weighted by Crippen LogP contribution is 2.43. The van der Waals surface area contributed by atoms with Crippen molar-refractivity contribution in [3.05, 3.63) is 107 Å². The van der Waals surface area contributed by atoms with Gasteiger partial charge in [-0.3, -0.25) is 9.69 Å². The van der Waals surface area contributed by atoms with E-state index in [1.807, 2.05) is 31.2 Å². The van der Waals surface area contributed by atoms with Crippen LogP contribution >= 0.6 is 0 Å². The number of ether oxygens (including phenoxy) is 2. The van der Waals surface area contributed by atoms with E-state index < -0.39 is 0 Å². The topological polar surface area (TPSA) is 38.8 Å². The minimum atomic E-state index is -0.227. The lowest BCUT2D eigenvalue weighted by molar-refractivity contribution is -0.143. The van der Waals surface area contributed by atoms with Gasteiger partial charge in [0.25, 0.3) is 0 Å². The van der Waals surface area contributed by atoms with Crippen LogP contribution in [-0.2, 0) is 28.1 Å². The van der Waals surface area contributed by atoms with Gasteiger partial charge < -0.3 is 9.47 Å². The van der Waals surface area contributed by atoms with Crippen LogP contribution in [0.15, 0.2) is 78.9 Å². The van der Waals surface area contributed by atoms with Crippen LogP contribution in [0, 0.1) is 11.8 Å². The standard InChI is InChI=1S/C35H37NO3/c1-3-7-31(24-34(37)38-4-2)29-14-16-32(17-15-29)39-26-28-12-10-27(11-13-28)25-36-22-20-35(21-23-36)19-18-30-8-5-6-9-33(30)35/h5-6,8-19,31H,4,20-26H2,1-2H3. The molecule has 1 aliphatic heterocycles. The van der Waals surface area contributed by atoms with Gasteiger partial charge >= 0.3 is 5.97 Å². The molecule has 2 aliphatic rings. The molecule has 1 saturated heterocycles. The van der Waals surface area contributed by atoms with Gasteiger partial charge in [0, 0.05) is 12.0 Å². The average molecular weight is 520 g/mol. The fourth-order valence-corrected chi connectivity index (χ4v) is 5.76. The van der Waals surface area contributed by atoms with Gasteiger partial charge in [-0.2, -0.15) is 0 Å². The lowest BCUT2D eigenvalue weighted by Crippen LogP contribution is -2.40. The van der Waals surface area contributed by atoms with Crippen LogP contribution in [-0.4, -0.2) is 30.6 Å². The normalized spacial score (nSPS) is 16.3. The van der Waals surface area contributed by atoms with Crippen molar-refractivity contribution in [1.82, 2.24) is 4.90 Å². The summed E-state index contributed by atoms with van der Waals surface area (Å²) in [6.45, 7) is 7.71. The Balaban J connectivity index is 1.10. The Bertz CT molecular complexity index is 1350. The molecule has 1 spiro atoms. The van der Waals surface area contributed by atoms with Gasteiger partial charge in [0.15, 0.2) is 0 Å². The van der Waals surface area contributed by atoms with Crippen molar-refractivity contribution >= 4 is 12.0 Å². The Morgan fingerprint density at radius 3 is 2.41 bits per heavy atom. The first-order valence-corrected chi connectivity index (χ1v) is 14.0. The smallest absolute Gasteiger partial charge is 0.307 e. The van der Waals surface area contributed by atoms with Crippen LogP contribution in [0.4, 0.5) is 0 Å². The van der Waals surface area contributed by atoms with Crippen molar-refractivity contribution in [1.29, 1.82) is 0 Å². The summed E-state index contributed by atoms with van der Waals surface area (Å²) >= 11 is 0. The Hall–Kier alpha value is -3.81. The summed E-state index contributed by atoms with van der Waals surface area (Å²) in [5.41, 5.74) is 6.61. The number of allylic oxidation sites excluding steroid dienone is 1. The van der Waals surface area contributed by atoms with E-state index in [0.717, 1.165) is 36.5 Å². The summed E-state index contributed by atoms with van der Waals surface area (Å²) in [5, 5.41) is 0. The van der Waals surface area contributed by atoms with Gasteiger partial charge in [-0.05, 0) is 79.7 Å². The number of esters is 1. The number of benzene rings is 3. The first kappa shape index (κ1) is 26.8. The first-order chi connectivity index (χ1) is 19.1. The van der Waals surface area contributed by atoms with Crippen LogP contribution in [0.2, 0.25) is 0 Å². The fourth-order valence-electron chi connectivity index (χ4n) is 5.76. The van der Waals surface area contributed by atoms with Crippen LogP contribution < -0.4 is 4.74 Å². The van der Waals surface area contributed by atoms with Gasteiger partial charge in [0.2, 0.25) is 0 Å². The molecular formula is C35H37NO3.